The van der Waals surface area contributed by atoms with Crippen molar-refractivity contribution in [2.45, 2.75) is 114 Å². The van der Waals surface area contributed by atoms with Gasteiger partial charge in [0, 0.05) is 63.4 Å². The van der Waals surface area contributed by atoms with Crippen LogP contribution in [0.25, 0.3) is 0 Å². The minimum absolute atomic E-state index is 0.171. The molecular formula is C36H55N7O15. The number of carboxylic acid groups (broad SMARTS) is 4. The van der Waals surface area contributed by atoms with E-state index >= 15 is 0 Å². The van der Waals surface area contributed by atoms with E-state index in [0.29, 0.717) is 18.5 Å². The van der Waals surface area contributed by atoms with E-state index in [4.69, 9.17) is 16.6 Å². The van der Waals surface area contributed by atoms with Crippen molar-refractivity contribution in [2.75, 3.05) is 19.7 Å². The summed E-state index contributed by atoms with van der Waals surface area (Å²) in [5, 5.41) is 54.3. The number of amides is 2. The normalized spacial score (nSPS) is 14.2. The van der Waals surface area contributed by atoms with Gasteiger partial charge in [-0.2, -0.15) is 0 Å². The van der Waals surface area contributed by atoms with E-state index in [9.17, 15) is 68.4 Å². The van der Waals surface area contributed by atoms with E-state index in [1.165, 1.54) is 12.5 Å². The molecule has 1 aromatic rings. The van der Waals surface area contributed by atoms with Crippen LogP contribution in [-0.2, 0) is 54.4 Å². The van der Waals surface area contributed by atoms with Crippen molar-refractivity contribution in [2.24, 2.45) is 23.3 Å². The molecule has 0 unspecified atom stereocenters. The largest absolute Gasteiger partial charge is 0.481 e. The number of nitrogens with zero attached hydrogens (tertiary/aromatic N) is 1. The van der Waals surface area contributed by atoms with E-state index < -0.39 is 128 Å². The van der Waals surface area contributed by atoms with Gasteiger partial charge >= 0.3 is 23.9 Å². The van der Waals surface area contributed by atoms with Crippen LogP contribution >= 0.6 is 0 Å². The average Bonchev–Trinajstić information content (AvgIpc) is 3.68. The molecule has 0 aromatic carbocycles. The van der Waals surface area contributed by atoms with Crippen LogP contribution in [0, 0.1) is 11.8 Å². The van der Waals surface area contributed by atoms with Gasteiger partial charge in [0.1, 0.15) is 30.3 Å². The number of aromatic amines is 1. The van der Waals surface area contributed by atoms with Gasteiger partial charge in [-0.3, -0.25) is 43.2 Å². The summed E-state index contributed by atoms with van der Waals surface area (Å²) in [6, 6.07) is -4.54. The summed E-state index contributed by atoms with van der Waals surface area (Å²) in [6.45, 7) is -0.774. The van der Waals surface area contributed by atoms with Crippen molar-refractivity contribution < 1.29 is 73.5 Å². The maximum Gasteiger partial charge on any atom is 0.326 e. The molecule has 0 aliphatic rings. The highest BCUT2D eigenvalue weighted by Crippen LogP contribution is 2.17. The zero-order valence-corrected chi connectivity index (χ0v) is 32.1. The van der Waals surface area contributed by atoms with Gasteiger partial charge in [-0.25, -0.2) is 9.78 Å². The molecule has 22 nitrogen and oxygen atoms in total. The number of nitrogens with two attached hydrogens (primary N) is 2. The summed E-state index contributed by atoms with van der Waals surface area (Å²) >= 11 is 0. The predicted octanol–water partition coefficient (Wildman–Crippen LogP) is -1.92. The third kappa shape index (κ3) is 21.2. The number of aromatic nitrogens is 2. The number of Topliss-reactive ketones (excluding diaryl/α,β-unsaturated/α-hetero) is 4. The Morgan fingerprint density at radius 1 is 0.655 bits per heavy atom. The second kappa shape index (κ2) is 27.2. The number of ketones is 4. The van der Waals surface area contributed by atoms with E-state index in [-0.39, 0.29) is 63.8 Å². The number of aliphatic carboxylic acids is 4. The second-order valence-electron chi connectivity index (χ2n) is 13.9. The Balaban J connectivity index is 2.47. The summed E-state index contributed by atoms with van der Waals surface area (Å²) in [6.07, 6.45) is 0.667. The third-order valence-corrected chi connectivity index (χ3v) is 9.20. The molecule has 0 saturated carbocycles. The number of aliphatic hydroxyl groups excluding tert-OH is 1. The molecule has 58 heavy (non-hydrogen) atoms. The van der Waals surface area contributed by atoms with Crippen LogP contribution in [0.15, 0.2) is 12.5 Å². The van der Waals surface area contributed by atoms with Crippen molar-refractivity contribution in [3.8, 4) is 0 Å². The lowest BCUT2D eigenvalue weighted by Gasteiger charge is -2.18. The van der Waals surface area contributed by atoms with Gasteiger partial charge in [-0.1, -0.05) is 0 Å². The fourth-order valence-electron chi connectivity index (χ4n) is 5.64. The zero-order valence-electron chi connectivity index (χ0n) is 32.1. The van der Waals surface area contributed by atoms with Crippen molar-refractivity contribution in [1.29, 1.82) is 0 Å². The molecule has 0 saturated heterocycles. The highest BCUT2D eigenvalue weighted by Gasteiger charge is 2.28. The average molecular weight is 826 g/mol. The van der Waals surface area contributed by atoms with Crippen LogP contribution in [0.3, 0.4) is 0 Å². The van der Waals surface area contributed by atoms with Crippen molar-refractivity contribution in [3.05, 3.63) is 18.2 Å². The number of carbonyl (C=O) groups is 10. The molecule has 1 rings (SSSR count). The van der Waals surface area contributed by atoms with Gasteiger partial charge < -0.3 is 57.9 Å². The molecule has 324 valence electrons. The summed E-state index contributed by atoms with van der Waals surface area (Å²) in [5.41, 5.74) is 11.9. The summed E-state index contributed by atoms with van der Waals surface area (Å²) in [7, 11) is 0. The first-order valence-corrected chi connectivity index (χ1v) is 18.7. The van der Waals surface area contributed by atoms with Gasteiger partial charge in [-0.15, -0.1) is 0 Å². The number of nitrogens with one attached hydrogen (secondary N) is 4. The van der Waals surface area contributed by atoms with E-state index in [0.717, 1.165) is 0 Å². The van der Waals surface area contributed by atoms with E-state index in [1.54, 1.807) is 0 Å². The first-order chi connectivity index (χ1) is 27.3. The van der Waals surface area contributed by atoms with E-state index in [2.05, 4.69) is 25.9 Å². The fourth-order valence-corrected chi connectivity index (χ4v) is 5.64. The topological polar surface area (TPSA) is 389 Å². The van der Waals surface area contributed by atoms with Crippen molar-refractivity contribution in [3.63, 3.8) is 0 Å². The molecule has 1 heterocycles. The van der Waals surface area contributed by atoms with Gasteiger partial charge in [0.25, 0.3) is 0 Å². The standard InChI is InChI=1S/C36H55N7O15/c37-25(35(55)56)8-6-23(45)13-21(34(53)54)5-11-32(50)43-28(36(57)58)9-7-24(46)14-20(33(51)52)4-10-31(49)40-12-2-1-3-27(30(48)18-44)41-17-29(47)26(38)15-22-16-39-19-42-22/h16,19-21,25-28,41,44H,1-15,17-18,37-38H2,(H,39,42)(H,40,49)(H,43,50)(H,51,52)(H,53,54)(H,55,56)(H,57,58)/t20-,21-,25+,26+,27+,28+/m1/s1. The fraction of sp³-hybridized carbons (Fsp3) is 0.639. The lowest BCUT2D eigenvalue weighted by molar-refractivity contribution is -0.145. The Labute approximate surface area is 333 Å². The highest BCUT2D eigenvalue weighted by atomic mass is 16.4. The smallest absolute Gasteiger partial charge is 0.326 e. The SMILES string of the molecule is N[C@@H](CCC(=O)C[C@@H](CCC(=O)N[C@@H](CCC(=O)C[C@@H](CCC(=O)NCCCC[C@H](NCC(=O)[C@@H](N)Cc1cnc[nH]1)C(=O)CO)C(=O)O)C(=O)O)C(=O)O)C(=O)O. The Bertz CT molecular complexity index is 1570. The molecule has 22 heteroatoms. The predicted molar refractivity (Wildman–Crippen MR) is 200 cm³/mol. The molecule has 0 aliphatic carbocycles. The number of imidazole rings is 1. The molecular weight excluding hydrogens is 770 g/mol. The molecule has 0 fully saturated rings. The maximum atomic E-state index is 12.6. The molecule has 0 bridgehead atoms. The van der Waals surface area contributed by atoms with Crippen LogP contribution in [0.4, 0.5) is 0 Å². The molecule has 0 spiro atoms. The minimum atomic E-state index is -1.57. The van der Waals surface area contributed by atoms with Crippen LogP contribution in [0.5, 0.6) is 0 Å². The zero-order chi connectivity index (χ0) is 43.8. The van der Waals surface area contributed by atoms with Gasteiger partial charge in [0.2, 0.25) is 11.8 Å². The molecule has 13 N–H and O–H groups in total. The molecule has 0 aliphatic heterocycles. The summed E-state index contributed by atoms with van der Waals surface area (Å²) in [5.74, 6) is -11.6. The van der Waals surface area contributed by atoms with Crippen LogP contribution in [0.1, 0.15) is 89.2 Å². The van der Waals surface area contributed by atoms with Crippen LogP contribution in [-0.4, -0.2) is 138 Å². The molecule has 1 aromatic heterocycles. The van der Waals surface area contributed by atoms with E-state index in [1.807, 2.05) is 0 Å². The number of H-pyrrole nitrogens is 1. The molecule has 6 atom stereocenters. The first kappa shape index (κ1) is 50.6. The lowest BCUT2D eigenvalue weighted by atomic mass is 9.94. The molecule has 0 radical (unpaired) electrons. The Hall–Kier alpha value is -5.45. The van der Waals surface area contributed by atoms with Crippen LogP contribution < -0.4 is 27.4 Å². The number of aliphatic hydroxyl groups is 1. The number of carboxylic acids is 4. The molecule has 2 amide bonds. The van der Waals surface area contributed by atoms with Gasteiger partial charge in [0.15, 0.2) is 11.6 Å². The lowest BCUT2D eigenvalue weighted by Crippen LogP contribution is -2.45. The first-order valence-electron chi connectivity index (χ1n) is 18.7. The highest BCUT2D eigenvalue weighted by molar-refractivity contribution is 5.89. The number of hydrogen-bond donors (Lipinski definition) is 11. The Morgan fingerprint density at radius 2 is 1.24 bits per heavy atom. The number of hydrogen-bond acceptors (Lipinski definition) is 15. The summed E-state index contributed by atoms with van der Waals surface area (Å²) in [4.78, 5) is 127. The number of unbranched alkanes of at least 4 members (excludes halogenated alkanes) is 1. The number of rotatable bonds is 34. The minimum Gasteiger partial charge on any atom is -0.481 e. The Kier molecular flexibility index (Phi) is 23.7. The summed E-state index contributed by atoms with van der Waals surface area (Å²) < 4.78 is 0. The van der Waals surface area contributed by atoms with Crippen molar-refractivity contribution in [1.82, 2.24) is 25.9 Å². The van der Waals surface area contributed by atoms with Crippen LogP contribution in [0.2, 0.25) is 0 Å². The monoisotopic (exact) mass is 825 g/mol. The third-order valence-electron chi connectivity index (χ3n) is 9.20. The van der Waals surface area contributed by atoms with Gasteiger partial charge in [0.05, 0.1) is 36.8 Å². The quantitative estimate of drug-likeness (QED) is 0.0337. The second-order valence-corrected chi connectivity index (χ2v) is 13.9. The Morgan fingerprint density at radius 3 is 1.76 bits per heavy atom. The number of carbonyl (C=O) groups excluding carboxylic acids is 6. The van der Waals surface area contributed by atoms with Gasteiger partial charge in [-0.05, 0) is 44.9 Å². The maximum absolute atomic E-state index is 12.6. The van der Waals surface area contributed by atoms with Crippen molar-refractivity contribution >= 4 is 58.8 Å².